The molecule has 0 aliphatic heterocycles. The average Bonchev–Trinajstić information content (AvgIpc) is 3.25. The van der Waals surface area contributed by atoms with E-state index in [2.05, 4.69) is 10.1 Å². The summed E-state index contributed by atoms with van der Waals surface area (Å²) in [6.45, 7) is 0. The maximum Gasteiger partial charge on any atom is 0.417 e. The summed E-state index contributed by atoms with van der Waals surface area (Å²) in [6.07, 6.45) is 0.443. The predicted octanol–water partition coefficient (Wildman–Crippen LogP) is 5.01. The minimum atomic E-state index is -4.86. The Labute approximate surface area is 174 Å². The number of rotatable bonds is 4. The van der Waals surface area contributed by atoms with E-state index in [4.69, 9.17) is 0 Å². The van der Waals surface area contributed by atoms with E-state index in [0.29, 0.717) is 26.8 Å². The second-order valence-electron chi connectivity index (χ2n) is 6.57. The van der Waals surface area contributed by atoms with Crippen molar-refractivity contribution in [1.82, 2.24) is 14.2 Å². The van der Waals surface area contributed by atoms with Gasteiger partial charge in [0.1, 0.15) is 10.7 Å². The van der Waals surface area contributed by atoms with E-state index >= 15 is 0 Å². The first kappa shape index (κ1) is 20.7. The highest BCUT2D eigenvalue weighted by atomic mass is 32.2. The molecule has 0 saturated heterocycles. The fourth-order valence-electron chi connectivity index (χ4n) is 3.07. The number of aromatic nitrogens is 3. The summed E-state index contributed by atoms with van der Waals surface area (Å²) in [5.41, 5.74) is 0.377. The lowest BCUT2D eigenvalue weighted by atomic mass is 10.0. The summed E-state index contributed by atoms with van der Waals surface area (Å²) in [4.78, 5) is 3.06. The molecule has 0 radical (unpaired) electrons. The first-order valence-electron chi connectivity index (χ1n) is 8.84. The lowest BCUT2D eigenvalue weighted by molar-refractivity contribution is -0.139. The van der Waals surface area contributed by atoms with Gasteiger partial charge < -0.3 is 0 Å². The van der Waals surface area contributed by atoms with E-state index in [0.717, 1.165) is 24.5 Å². The molecule has 4 rings (SSSR count). The molecule has 31 heavy (non-hydrogen) atoms. The zero-order valence-corrected chi connectivity index (χ0v) is 16.4. The molecule has 0 atom stereocenters. The van der Waals surface area contributed by atoms with Gasteiger partial charge in [0.25, 0.3) is 10.0 Å². The van der Waals surface area contributed by atoms with Crippen LogP contribution in [0, 0.1) is 5.82 Å². The molecule has 158 valence electrons. The molecule has 0 N–H and O–H groups in total. The second-order valence-corrected chi connectivity index (χ2v) is 8.33. The van der Waals surface area contributed by atoms with Gasteiger partial charge in [0.15, 0.2) is 0 Å². The Bertz CT molecular complexity index is 1350. The standard InChI is InChI=1S/C21H13F4N3O2S/c22-18-9-15(14-4-3-7-26-11-14)8-16(10-18)17-12-27-28(13-17)31(29,30)20-6-2-1-5-19(20)21(23,24)25/h1-13H. The van der Waals surface area contributed by atoms with Gasteiger partial charge in [-0.25, -0.2) is 4.39 Å². The monoisotopic (exact) mass is 447 g/mol. The van der Waals surface area contributed by atoms with Gasteiger partial charge in [-0.05, 0) is 47.5 Å². The number of hydrogen-bond acceptors (Lipinski definition) is 4. The zero-order valence-electron chi connectivity index (χ0n) is 15.6. The highest BCUT2D eigenvalue weighted by Gasteiger charge is 2.37. The molecular formula is C21H13F4N3O2S. The highest BCUT2D eigenvalue weighted by molar-refractivity contribution is 7.89. The van der Waals surface area contributed by atoms with Gasteiger partial charge in [-0.15, -0.1) is 0 Å². The SMILES string of the molecule is O=S(=O)(c1ccccc1C(F)(F)F)n1cc(-c2cc(F)cc(-c3cccnc3)c2)cn1. The topological polar surface area (TPSA) is 64.8 Å². The van der Waals surface area contributed by atoms with Crippen molar-refractivity contribution in [2.45, 2.75) is 11.1 Å². The van der Waals surface area contributed by atoms with Crippen molar-refractivity contribution in [2.24, 2.45) is 0 Å². The molecule has 0 aliphatic rings. The van der Waals surface area contributed by atoms with Gasteiger partial charge in [-0.2, -0.15) is 30.8 Å². The normalized spacial score (nSPS) is 12.1. The molecule has 0 aliphatic carbocycles. The van der Waals surface area contributed by atoms with Crippen LogP contribution in [0.4, 0.5) is 17.6 Å². The van der Waals surface area contributed by atoms with Crippen molar-refractivity contribution in [1.29, 1.82) is 0 Å². The van der Waals surface area contributed by atoms with Crippen LogP contribution in [-0.2, 0) is 16.2 Å². The van der Waals surface area contributed by atoms with Crippen LogP contribution in [0.3, 0.4) is 0 Å². The van der Waals surface area contributed by atoms with Crippen molar-refractivity contribution in [3.8, 4) is 22.3 Å². The summed E-state index contributed by atoms with van der Waals surface area (Å²) < 4.78 is 80.1. The lowest BCUT2D eigenvalue weighted by Crippen LogP contribution is -2.19. The van der Waals surface area contributed by atoms with Crippen molar-refractivity contribution in [3.05, 3.63) is 90.8 Å². The molecule has 0 spiro atoms. The lowest BCUT2D eigenvalue weighted by Gasteiger charge is -2.12. The minimum absolute atomic E-state index is 0.220. The molecule has 2 heterocycles. The first-order valence-corrected chi connectivity index (χ1v) is 10.3. The van der Waals surface area contributed by atoms with Crippen molar-refractivity contribution in [2.75, 3.05) is 0 Å². The van der Waals surface area contributed by atoms with Gasteiger partial charge in [0.2, 0.25) is 0 Å². The molecule has 10 heteroatoms. The Morgan fingerprint density at radius 2 is 1.55 bits per heavy atom. The zero-order chi connectivity index (χ0) is 22.2. The molecule has 2 aromatic heterocycles. The fourth-order valence-corrected chi connectivity index (χ4v) is 4.41. The number of halogens is 4. The maximum atomic E-state index is 14.2. The Morgan fingerprint density at radius 1 is 0.839 bits per heavy atom. The Hall–Kier alpha value is -3.53. The van der Waals surface area contributed by atoms with Crippen LogP contribution in [-0.4, -0.2) is 22.6 Å². The third-order valence-electron chi connectivity index (χ3n) is 4.50. The molecule has 2 aromatic carbocycles. The number of nitrogens with zero attached hydrogens (tertiary/aromatic N) is 3. The predicted molar refractivity (Wildman–Crippen MR) is 105 cm³/mol. The average molecular weight is 447 g/mol. The summed E-state index contributed by atoms with van der Waals surface area (Å²) in [6, 6.07) is 11.3. The van der Waals surface area contributed by atoms with Crippen LogP contribution in [0.15, 0.2) is 84.3 Å². The van der Waals surface area contributed by atoms with Gasteiger partial charge in [0.05, 0.1) is 18.0 Å². The summed E-state index contributed by atoms with van der Waals surface area (Å²) in [7, 11) is -4.63. The largest absolute Gasteiger partial charge is 0.417 e. The van der Waals surface area contributed by atoms with Crippen molar-refractivity contribution < 1.29 is 26.0 Å². The van der Waals surface area contributed by atoms with Gasteiger partial charge in [-0.3, -0.25) is 4.98 Å². The molecule has 0 bridgehead atoms. The van der Waals surface area contributed by atoms with E-state index in [-0.39, 0.29) is 5.56 Å². The number of alkyl halides is 3. The van der Waals surface area contributed by atoms with Gasteiger partial charge in [0, 0.05) is 23.5 Å². The van der Waals surface area contributed by atoms with Crippen molar-refractivity contribution in [3.63, 3.8) is 0 Å². The molecule has 5 nitrogen and oxygen atoms in total. The van der Waals surface area contributed by atoms with Crippen LogP contribution < -0.4 is 0 Å². The number of hydrogen-bond donors (Lipinski definition) is 0. The number of pyridine rings is 1. The third-order valence-corrected chi connectivity index (χ3v) is 6.11. The van der Waals surface area contributed by atoms with E-state index in [1.165, 1.54) is 18.2 Å². The summed E-state index contributed by atoms with van der Waals surface area (Å²) >= 11 is 0. The first-order chi connectivity index (χ1) is 14.7. The summed E-state index contributed by atoms with van der Waals surface area (Å²) in [5.74, 6) is -0.575. The van der Waals surface area contributed by atoms with Gasteiger partial charge >= 0.3 is 6.18 Å². The summed E-state index contributed by atoms with van der Waals surface area (Å²) in [5, 5.41) is 3.72. The molecule has 0 saturated carbocycles. The van der Waals surface area contributed by atoms with Crippen LogP contribution >= 0.6 is 0 Å². The van der Waals surface area contributed by atoms with Crippen LogP contribution in [0.1, 0.15) is 5.56 Å². The fraction of sp³-hybridized carbons (Fsp3) is 0.0476. The highest BCUT2D eigenvalue weighted by Crippen LogP contribution is 2.35. The Kier molecular flexibility index (Phi) is 5.10. The smallest absolute Gasteiger partial charge is 0.264 e. The van der Waals surface area contributed by atoms with E-state index in [1.807, 2.05) is 0 Å². The maximum absolute atomic E-state index is 14.2. The van der Waals surface area contributed by atoms with E-state index in [9.17, 15) is 26.0 Å². The molecule has 0 fully saturated rings. The molecule has 0 unspecified atom stereocenters. The Morgan fingerprint density at radius 3 is 2.23 bits per heavy atom. The number of benzene rings is 2. The minimum Gasteiger partial charge on any atom is -0.264 e. The van der Waals surface area contributed by atoms with E-state index in [1.54, 1.807) is 30.6 Å². The van der Waals surface area contributed by atoms with E-state index < -0.39 is 32.5 Å². The quantitative estimate of drug-likeness (QED) is 0.413. The van der Waals surface area contributed by atoms with Crippen LogP contribution in [0.2, 0.25) is 0 Å². The Balaban J connectivity index is 1.77. The van der Waals surface area contributed by atoms with Crippen LogP contribution in [0.25, 0.3) is 22.3 Å². The van der Waals surface area contributed by atoms with Crippen molar-refractivity contribution >= 4 is 10.0 Å². The molecule has 0 amide bonds. The molecular weight excluding hydrogens is 434 g/mol. The van der Waals surface area contributed by atoms with Crippen LogP contribution in [0.5, 0.6) is 0 Å². The molecule has 4 aromatic rings. The third kappa shape index (κ3) is 4.06. The second kappa shape index (κ2) is 7.62. The van der Waals surface area contributed by atoms with Gasteiger partial charge in [-0.1, -0.05) is 18.2 Å².